The van der Waals surface area contributed by atoms with Gasteiger partial charge in [-0.1, -0.05) is 67.1 Å². The van der Waals surface area contributed by atoms with Gasteiger partial charge in [0.1, 0.15) is 17.8 Å². The zero-order chi connectivity index (χ0) is 45.6. The number of nitrogens with one attached hydrogen (secondary N) is 4. The molecule has 4 aromatic rings. The molecule has 1 aromatic heterocycles. The topological polar surface area (TPSA) is 261 Å². The number of aromatic nitrogens is 1. The second kappa shape index (κ2) is 22.6. The lowest BCUT2D eigenvalue weighted by molar-refractivity contribution is -0.144. The van der Waals surface area contributed by atoms with Gasteiger partial charge in [-0.05, 0) is 74.0 Å². The molecule has 16 heteroatoms. The number of fused-ring (bicyclic) bond motifs is 1. The molecule has 0 saturated carbocycles. The Balaban J connectivity index is 1.62. The fourth-order valence-electron chi connectivity index (χ4n) is 8.07. The molecule has 4 amide bonds. The molecule has 1 fully saturated rings. The van der Waals surface area contributed by atoms with E-state index < -0.39 is 96.1 Å². The summed E-state index contributed by atoms with van der Waals surface area (Å²) in [7, 11) is 1.32. The lowest BCUT2D eigenvalue weighted by atomic mass is 9.87. The van der Waals surface area contributed by atoms with Crippen molar-refractivity contribution in [2.45, 2.75) is 101 Å². The van der Waals surface area contributed by atoms with Crippen molar-refractivity contribution in [3.63, 3.8) is 0 Å². The van der Waals surface area contributed by atoms with E-state index in [4.69, 9.17) is 5.73 Å². The largest absolute Gasteiger partial charge is 0.508 e. The molecule has 2 heterocycles. The number of benzene rings is 3. The maximum Gasteiger partial charge on any atom is 0.303 e. The van der Waals surface area contributed by atoms with Crippen LogP contribution in [0.25, 0.3) is 10.9 Å². The summed E-state index contributed by atoms with van der Waals surface area (Å²) in [4.78, 5) is 103. The lowest BCUT2D eigenvalue weighted by Crippen LogP contribution is -2.59. The van der Waals surface area contributed by atoms with E-state index in [2.05, 4.69) is 20.9 Å². The Bertz CT molecular complexity index is 2230. The molecule has 9 N–H and O–H groups in total. The van der Waals surface area contributed by atoms with Crippen LogP contribution in [0.1, 0.15) is 68.6 Å². The van der Waals surface area contributed by atoms with Crippen LogP contribution in [0.2, 0.25) is 0 Å². The molecule has 16 nitrogen and oxygen atoms in total. The number of H-pyrrole nitrogens is 1. The number of carbonyl (C=O) groups excluding carboxylic acids is 6. The number of Topliss-reactive ketones (excluding diaryl/α,β-unsaturated/α-hetero) is 2. The van der Waals surface area contributed by atoms with E-state index in [0.717, 1.165) is 15.8 Å². The highest BCUT2D eigenvalue weighted by Crippen LogP contribution is 2.25. The summed E-state index contributed by atoms with van der Waals surface area (Å²) in [5, 5.41) is 39.6. The second-order valence-electron chi connectivity index (χ2n) is 16.4. The van der Waals surface area contributed by atoms with Crippen molar-refractivity contribution in [2.24, 2.45) is 17.6 Å². The first-order chi connectivity index (χ1) is 30.1. The second-order valence-corrected chi connectivity index (χ2v) is 16.4. The Morgan fingerprint density at radius 2 is 1.38 bits per heavy atom. The average Bonchev–Trinajstić information content (AvgIpc) is 3.67. The fraction of sp³-hybridized carbons (Fsp3) is 0.426. The standard InChI is InChI=1S/C47H58N6O10/c1-28(54)43-46(62)51-38(23-29-10-4-3-5-11-29)47(63)53(2)39(19-20-42(58)59)41(57)26-32(22-30-15-17-34(55)18-16-30)45(61)50-37(24-33-27-49-36-14-7-6-13-35(33)36)40(56)25-31(44(60)52-43)12-8-9-21-48/h3-7,10-11,13-18,27-28,31-32,37-39,43,49,54-55H,8-9,12,19-26,48H2,1-2H3,(H,50,61)(H,51,62)(H,52,60)(H,58,59)/t28-,31-,32-,37-,38?,39+,43+/m1/s1. The zero-order valence-electron chi connectivity index (χ0n) is 35.6. The number of unbranched alkanes of at least 4 members (excludes halogenated alkanes) is 1. The maximum absolute atomic E-state index is 14.6. The van der Waals surface area contributed by atoms with Crippen LogP contribution in [-0.4, -0.2) is 110 Å². The molecular weight excluding hydrogens is 809 g/mol. The van der Waals surface area contributed by atoms with E-state index in [-0.39, 0.29) is 44.3 Å². The number of aromatic amines is 1. The number of aliphatic hydroxyl groups is 1. The van der Waals surface area contributed by atoms with Gasteiger partial charge in [0.15, 0.2) is 11.6 Å². The molecule has 1 unspecified atom stereocenters. The van der Waals surface area contributed by atoms with Crippen LogP contribution in [0.5, 0.6) is 5.75 Å². The number of ketones is 2. The highest BCUT2D eigenvalue weighted by molar-refractivity contribution is 5.99. The molecule has 336 valence electrons. The number of nitrogens with zero attached hydrogens (tertiary/aromatic N) is 1. The van der Waals surface area contributed by atoms with Crippen molar-refractivity contribution >= 4 is 52.1 Å². The monoisotopic (exact) mass is 866 g/mol. The number of likely N-dealkylation sites (N-methyl/N-ethyl adjacent to an activating group) is 1. The van der Waals surface area contributed by atoms with E-state index >= 15 is 0 Å². The van der Waals surface area contributed by atoms with Crippen LogP contribution in [0, 0.1) is 11.8 Å². The van der Waals surface area contributed by atoms with E-state index in [1.54, 1.807) is 48.7 Å². The Kier molecular flexibility index (Phi) is 17.1. The number of hydrogen-bond acceptors (Lipinski definition) is 10. The number of aromatic hydroxyl groups is 1. The average molecular weight is 867 g/mol. The van der Waals surface area contributed by atoms with Gasteiger partial charge >= 0.3 is 5.97 Å². The molecular formula is C47H58N6O10. The Morgan fingerprint density at radius 1 is 0.746 bits per heavy atom. The quantitative estimate of drug-likeness (QED) is 0.0855. The first-order valence-corrected chi connectivity index (χ1v) is 21.3. The van der Waals surface area contributed by atoms with Gasteiger partial charge in [0.05, 0.1) is 18.2 Å². The van der Waals surface area contributed by atoms with Crippen molar-refractivity contribution in [3.05, 3.63) is 102 Å². The smallest absolute Gasteiger partial charge is 0.303 e. The predicted octanol–water partition coefficient (Wildman–Crippen LogP) is 2.72. The van der Waals surface area contributed by atoms with E-state index in [1.165, 1.54) is 26.1 Å². The van der Waals surface area contributed by atoms with Gasteiger partial charge in [-0.2, -0.15) is 0 Å². The molecule has 3 aromatic carbocycles. The number of amides is 4. The Labute approximate surface area is 366 Å². The molecule has 1 aliphatic heterocycles. The van der Waals surface area contributed by atoms with Crippen LogP contribution in [-0.2, 0) is 52.8 Å². The number of aliphatic carboxylic acids is 1. The number of nitrogens with two attached hydrogens (primary N) is 1. The Hall–Kier alpha value is -6.39. The van der Waals surface area contributed by atoms with E-state index in [9.17, 15) is 48.9 Å². The Morgan fingerprint density at radius 3 is 2.06 bits per heavy atom. The first-order valence-electron chi connectivity index (χ1n) is 21.3. The third kappa shape index (κ3) is 13.3. The molecule has 7 atom stereocenters. The van der Waals surface area contributed by atoms with Gasteiger partial charge in [0.2, 0.25) is 23.6 Å². The van der Waals surface area contributed by atoms with Gasteiger partial charge in [-0.15, -0.1) is 0 Å². The summed E-state index contributed by atoms with van der Waals surface area (Å²) in [6, 6.07) is 16.6. The predicted molar refractivity (Wildman–Crippen MR) is 234 cm³/mol. The molecule has 1 aliphatic rings. The van der Waals surface area contributed by atoms with Crippen LogP contribution in [0.4, 0.5) is 0 Å². The molecule has 0 bridgehead atoms. The number of para-hydroxylation sites is 1. The van der Waals surface area contributed by atoms with Gasteiger partial charge in [0.25, 0.3) is 0 Å². The lowest BCUT2D eigenvalue weighted by Gasteiger charge is -2.33. The SMILES string of the molecule is C[C@@H](O)[C@@H]1NC(=O)[C@H](CCCCN)CC(=O)[C@@H](Cc2c[nH]c3ccccc23)NC(=O)[C@H](Cc2ccc(O)cc2)CC(=O)[C@H](CCC(=O)O)N(C)C(=O)C(Cc2ccccc2)NC1=O. The van der Waals surface area contributed by atoms with E-state index in [1.807, 2.05) is 24.3 Å². The van der Waals surface area contributed by atoms with Gasteiger partial charge in [-0.3, -0.25) is 33.6 Å². The zero-order valence-corrected chi connectivity index (χ0v) is 35.6. The van der Waals surface area contributed by atoms with Crippen LogP contribution < -0.4 is 21.7 Å². The fourth-order valence-corrected chi connectivity index (χ4v) is 8.07. The molecule has 0 radical (unpaired) electrons. The third-order valence-corrected chi connectivity index (χ3v) is 11.6. The van der Waals surface area contributed by atoms with Gasteiger partial charge < -0.3 is 46.9 Å². The third-order valence-electron chi connectivity index (χ3n) is 11.6. The summed E-state index contributed by atoms with van der Waals surface area (Å²) in [5.41, 5.74) is 8.48. The van der Waals surface area contributed by atoms with Crippen molar-refractivity contribution in [1.82, 2.24) is 25.8 Å². The van der Waals surface area contributed by atoms with Crippen molar-refractivity contribution in [1.29, 1.82) is 0 Å². The van der Waals surface area contributed by atoms with Crippen LogP contribution in [0.3, 0.4) is 0 Å². The molecule has 63 heavy (non-hydrogen) atoms. The highest BCUT2D eigenvalue weighted by atomic mass is 16.4. The minimum atomic E-state index is -1.58. The van der Waals surface area contributed by atoms with Crippen molar-refractivity contribution < 1.29 is 48.9 Å². The number of carbonyl (C=O) groups is 7. The van der Waals surface area contributed by atoms with Crippen LogP contribution >= 0.6 is 0 Å². The number of aliphatic hydroxyl groups excluding tert-OH is 1. The minimum Gasteiger partial charge on any atom is -0.508 e. The summed E-state index contributed by atoms with van der Waals surface area (Å²) in [6.07, 6.45) is -0.344. The van der Waals surface area contributed by atoms with Gasteiger partial charge in [-0.25, -0.2) is 0 Å². The van der Waals surface area contributed by atoms with Gasteiger partial charge in [0, 0.05) is 68.1 Å². The number of phenolic OH excluding ortho intramolecular Hbond substituents is 1. The van der Waals surface area contributed by atoms with Crippen molar-refractivity contribution in [2.75, 3.05) is 13.6 Å². The van der Waals surface area contributed by atoms with E-state index in [0.29, 0.717) is 36.1 Å². The maximum atomic E-state index is 14.6. The summed E-state index contributed by atoms with van der Waals surface area (Å²) >= 11 is 0. The van der Waals surface area contributed by atoms with Crippen LogP contribution in [0.15, 0.2) is 85.1 Å². The summed E-state index contributed by atoms with van der Waals surface area (Å²) in [6.45, 7) is 1.62. The molecule has 0 spiro atoms. The minimum absolute atomic E-state index is 0.00554. The summed E-state index contributed by atoms with van der Waals surface area (Å²) < 4.78 is 0. The summed E-state index contributed by atoms with van der Waals surface area (Å²) in [5.74, 6) is -7.58. The normalized spacial score (nSPS) is 22.8. The number of rotatable bonds is 14. The number of carboxylic acids is 1. The first kappa shape index (κ1) is 47.7. The number of hydrogen-bond donors (Lipinski definition) is 8. The highest BCUT2D eigenvalue weighted by Gasteiger charge is 2.39. The molecule has 5 rings (SSSR count). The number of carboxylic acid groups (broad SMARTS) is 1. The van der Waals surface area contributed by atoms with Crippen molar-refractivity contribution in [3.8, 4) is 5.75 Å². The molecule has 0 aliphatic carbocycles. The molecule has 1 saturated heterocycles. The number of phenols is 1.